The molecule has 3 heterocycles. The summed E-state index contributed by atoms with van der Waals surface area (Å²) in [5, 5.41) is 0. The molecule has 1 fully saturated rings. The third kappa shape index (κ3) is 4.87. The first-order chi connectivity index (χ1) is 12.8. The maximum atomic E-state index is 12.7. The highest BCUT2D eigenvalue weighted by Gasteiger charge is 2.42. The van der Waals surface area contributed by atoms with Gasteiger partial charge in [-0.15, -0.1) is 0 Å². The normalized spacial score (nSPS) is 22.9. The lowest BCUT2D eigenvalue weighted by Crippen LogP contribution is -2.65. The van der Waals surface area contributed by atoms with Gasteiger partial charge in [0.25, 0.3) is 5.91 Å². The first kappa shape index (κ1) is 18.5. The number of allylic oxidation sites excluding steroid dienone is 2. The van der Waals surface area contributed by atoms with E-state index in [-0.39, 0.29) is 24.5 Å². The van der Waals surface area contributed by atoms with Crippen molar-refractivity contribution < 1.29 is 14.3 Å². The SMILES string of the molecule is O=C1[C@@H]2CN1CCCC/C=C/CCCCN2C(=O)COc1ccccc1. The molecule has 0 N–H and O–H groups in total. The largest absolute Gasteiger partial charge is 0.484 e. The van der Waals surface area contributed by atoms with Gasteiger partial charge in [0.1, 0.15) is 11.8 Å². The molecule has 0 saturated carbocycles. The molecule has 5 heteroatoms. The number of hydrogen-bond donors (Lipinski definition) is 0. The fraction of sp³-hybridized carbons (Fsp3) is 0.524. The van der Waals surface area contributed by atoms with E-state index in [0.29, 0.717) is 18.8 Å². The van der Waals surface area contributed by atoms with Crippen LogP contribution in [0, 0.1) is 0 Å². The van der Waals surface area contributed by atoms with Crippen molar-refractivity contribution in [2.24, 2.45) is 0 Å². The van der Waals surface area contributed by atoms with Crippen LogP contribution >= 0.6 is 0 Å². The minimum absolute atomic E-state index is 0.0201. The average Bonchev–Trinajstić information content (AvgIpc) is 2.67. The molecule has 0 aromatic heterocycles. The van der Waals surface area contributed by atoms with Gasteiger partial charge in [0.15, 0.2) is 6.61 Å². The van der Waals surface area contributed by atoms with Crippen LogP contribution in [-0.4, -0.2) is 53.9 Å². The van der Waals surface area contributed by atoms with Gasteiger partial charge in [-0.25, -0.2) is 0 Å². The summed E-state index contributed by atoms with van der Waals surface area (Å²) < 4.78 is 5.60. The highest BCUT2D eigenvalue weighted by atomic mass is 16.5. The maximum Gasteiger partial charge on any atom is 0.261 e. The van der Waals surface area contributed by atoms with Crippen LogP contribution in [0.4, 0.5) is 0 Å². The van der Waals surface area contributed by atoms with E-state index in [4.69, 9.17) is 4.74 Å². The van der Waals surface area contributed by atoms with Gasteiger partial charge in [-0.05, 0) is 50.7 Å². The number of fused-ring (bicyclic) bond motifs is 9. The molecule has 2 bridgehead atoms. The standard InChI is InChI=1S/C21H28N2O3/c24-20(17-26-18-12-8-7-9-13-18)23-15-11-6-4-2-1-3-5-10-14-22-16-19(23)21(22)25/h1-2,7-9,12-13,19H,3-6,10-11,14-17H2/b2-1+/t19-/m0/s1. The summed E-state index contributed by atoms with van der Waals surface area (Å²) in [4.78, 5) is 28.8. The van der Waals surface area contributed by atoms with Crippen LogP contribution in [-0.2, 0) is 9.59 Å². The minimum atomic E-state index is -0.305. The summed E-state index contributed by atoms with van der Waals surface area (Å²) >= 11 is 0. The van der Waals surface area contributed by atoms with E-state index in [2.05, 4.69) is 12.2 Å². The fourth-order valence-corrected chi connectivity index (χ4v) is 3.45. The molecular formula is C21H28N2O3. The van der Waals surface area contributed by atoms with Crippen molar-refractivity contribution in [3.63, 3.8) is 0 Å². The first-order valence-electron chi connectivity index (χ1n) is 9.67. The third-order valence-electron chi connectivity index (χ3n) is 5.03. The first-order valence-corrected chi connectivity index (χ1v) is 9.67. The lowest BCUT2D eigenvalue weighted by molar-refractivity contribution is -0.158. The second-order valence-corrected chi connectivity index (χ2v) is 6.95. The summed E-state index contributed by atoms with van der Waals surface area (Å²) in [6, 6.07) is 9.02. The topological polar surface area (TPSA) is 49.9 Å². The van der Waals surface area contributed by atoms with Crippen LogP contribution in [0.3, 0.4) is 0 Å². The number of benzene rings is 1. The number of ether oxygens (including phenoxy) is 1. The molecule has 0 aliphatic carbocycles. The Bertz CT molecular complexity index is 629. The van der Waals surface area contributed by atoms with Crippen LogP contribution in [0.15, 0.2) is 42.5 Å². The van der Waals surface area contributed by atoms with E-state index in [0.717, 1.165) is 45.1 Å². The summed E-state index contributed by atoms with van der Waals surface area (Å²) in [6.45, 7) is 2.06. The predicted octanol–water partition coefficient (Wildman–Crippen LogP) is 3.02. The van der Waals surface area contributed by atoms with E-state index >= 15 is 0 Å². The van der Waals surface area contributed by atoms with Crippen molar-refractivity contribution in [3.8, 4) is 5.75 Å². The smallest absolute Gasteiger partial charge is 0.261 e. The van der Waals surface area contributed by atoms with Crippen LogP contribution in [0.5, 0.6) is 5.75 Å². The Morgan fingerprint density at radius 3 is 2.38 bits per heavy atom. The quantitative estimate of drug-likeness (QED) is 0.618. The zero-order valence-electron chi connectivity index (χ0n) is 15.3. The Labute approximate surface area is 155 Å². The van der Waals surface area contributed by atoms with Gasteiger partial charge in [0.2, 0.25) is 5.91 Å². The summed E-state index contributed by atoms with van der Waals surface area (Å²) in [7, 11) is 0. The number of amides is 2. The molecule has 1 aromatic carbocycles. The van der Waals surface area contributed by atoms with E-state index in [1.54, 1.807) is 4.90 Å². The zero-order chi connectivity index (χ0) is 18.2. The summed E-state index contributed by atoms with van der Waals surface area (Å²) in [6.07, 6.45) is 10.7. The molecule has 0 radical (unpaired) electrons. The Kier molecular flexibility index (Phi) is 6.69. The number of para-hydroxylation sites is 1. The Morgan fingerprint density at radius 1 is 1.00 bits per heavy atom. The molecule has 3 aliphatic heterocycles. The summed E-state index contributed by atoms with van der Waals surface area (Å²) in [5.41, 5.74) is 0. The van der Waals surface area contributed by atoms with Gasteiger partial charge in [-0.2, -0.15) is 0 Å². The Morgan fingerprint density at radius 2 is 1.69 bits per heavy atom. The Balaban J connectivity index is 1.60. The lowest BCUT2D eigenvalue weighted by atomic mass is 10.0. The number of carbonyl (C=O) groups is 2. The molecule has 5 nitrogen and oxygen atoms in total. The van der Waals surface area contributed by atoms with Gasteiger partial charge >= 0.3 is 0 Å². The number of hydrogen-bond acceptors (Lipinski definition) is 3. The monoisotopic (exact) mass is 356 g/mol. The highest BCUT2D eigenvalue weighted by molar-refractivity contribution is 5.92. The van der Waals surface area contributed by atoms with Crippen LogP contribution in [0.1, 0.15) is 38.5 Å². The van der Waals surface area contributed by atoms with Crippen LogP contribution in [0.2, 0.25) is 0 Å². The maximum absolute atomic E-state index is 12.7. The molecule has 0 spiro atoms. The van der Waals surface area contributed by atoms with Crippen molar-refractivity contribution in [2.75, 3.05) is 26.2 Å². The molecule has 0 unspecified atom stereocenters. The van der Waals surface area contributed by atoms with E-state index in [1.165, 1.54) is 0 Å². The molecule has 3 aliphatic rings. The molecule has 140 valence electrons. The number of rotatable bonds is 3. The van der Waals surface area contributed by atoms with Gasteiger partial charge in [-0.3, -0.25) is 9.59 Å². The molecule has 2 amide bonds. The minimum Gasteiger partial charge on any atom is -0.484 e. The van der Waals surface area contributed by atoms with E-state index in [9.17, 15) is 9.59 Å². The second-order valence-electron chi connectivity index (χ2n) is 6.95. The van der Waals surface area contributed by atoms with Crippen LogP contribution in [0.25, 0.3) is 0 Å². The van der Waals surface area contributed by atoms with E-state index in [1.807, 2.05) is 35.2 Å². The Hall–Kier alpha value is -2.30. The lowest BCUT2D eigenvalue weighted by Gasteiger charge is -2.44. The molecule has 26 heavy (non-hydrogen) atoms. The molecule has 4 rings (SSSR count). The third-order valence-corrected chi connectivity index (χ3v) is 5.03. The van der Waals surface area contributed by atoms with Crippen LogP contribution < -0.4 is 4.74 Å². The van der Waals surface area contributed by atoms with Crippen molar-refractivity contribution in [2.45, 2.75) is 44.6 Å². The number of β-lactam (4-membered cyclic amide) rings is 1. The summed E-state index contributed by atoms with van der Waals surface area (Å²) in [5.74, 6) is 0.662. The van der Waals surface area contributed by atoms with E-state index < -0.39 is 0 Å². The van der Waals surface area contributed by atoms with Gasteiger partial charge in [-0.1, -0.05) is 30.4 Å². The fourth-order valence-electron chi connectivity index (χ4n) is 3.45. The van der Waals surface area contributed by atoms with Gasteiger partial charge in [0, 0.05) is 13.1 Å². The highest BCUT2D eigenvalue weighted by Crippen LogP contribution is 2.20. The number of nitrogens with zero attached hydrogens (tertiary/aromatic N) is 2. The van der Waals surface area contributed by atoms with Gasteiger partial charge in [0.05, 0.1) is 6.54 Å². The van der Waals surface area contributed by atoms with Crippen molar-refractivity contribution in [1.29, 1.82) is 0 Å². The second kappa shape index (κ2) is 9.41. The molecular weight excluding hydrogens is 328 g/mol. The van der Waals surface area contributed by atoms with Gasteiger partial charge < -0.3 is 14.5 Å². The van der Waals surface area contributed by atoms with Crippen molar-refractivity contribution in [3.05, 3.63) is 42.5 Å². The zero-order valence-corrected chi connectivity index (χ0v) is 15.3. The molecule has 1 atom stereocenters. The predicted molar refractivity (Wildman–Crippen MR) is 101 cm³/mol. The number of carbonyl (C=O) groups excluding carboxylic acids is 2. The van der Waals surface area contributed by atoms with Crippen molar-refractivity contribution >= 4 is 11.8 Å². The molecule has 1 saturated heterocycles. The molecule has 1 aromatic rings. The van der Waals surface area contributed by atoms with Crippen molar-refractivity contribution in [1.82, 2.24) is 9.80 Å². The average molecular weight is 356 g/mol.